The average Bonchev–Trinajstić information content (AvgIpc) is 3.21. The number of aromatic amines is 1. The van der Waals surface area contributed by atoms with Gasteiger partial charge in [0.1, 0.15) is 5.01 Å². The molecule has 9 heteroatoms. The van der Waals surface area contributed by atoms with Gasteiger partial charge in [0.2, 0.25) is 11.0 Å². The number of nitrogens with zero attached hydrogens (tertiary/aromatic N) is 3. The van der Waals surface area contributed by atoms with Crippen LogP contribution in [0.1, 0.15) is 43.0 Å². The Kier molecular flexibility index (Phi) is 5.30. The SMILES string of the molecule is CCc1nnc(NC(=O)C(CC)Sc2nc3c(c(=O)[nH]2)CCC3)s1. The van der Waals surface area contributed by atoms with E-state index in [1.165, 1.54) is 23.1 Å². The monoisotopic (exact) mass is 365 g/mol. The van der Waals surface area contributed by atoms with E-state index >= 15 is 0 Å². The molecule has 1 aliphatic rings. The largest absolute Gasteiger partial charge is 0.301 e. The molecule has 24 heavy (non-hydrogen) atoms. The van der Waals surface area contributed by atoms with Gasteiger partial charge >= 0.3 is 0 Å². The molecule has 0 spiro atoms. The lowest BCUT2D eigenvalue weighted by Gasteiger charge is -2.13. The van der Waals surface area contributed by atoms with Gasteiger partial charge in [-0.1, -0.05) is 36.9 Å². The second-order valence-electron chi connectivity index (χ2n) is 5.51. The maximum absolute atomic E-state index is 12.5. The first-order chi connectivity index (χ1) is 11.6. The van der Waals surface area contributed by atoms with Gasteiger partial charge in [0.05, 0.1) is 10.9 Å². The molecule has 0 saturated heterocycles. The van der Waals surface area contributed by atoms with Crippen LogP contribution in [0.15, 0.2) is 9.95 Å². The van der Waals surface area contributed by atoms with E-state index < -0.39 is 0 Å². The number of nitrogens with one attached hydrogen (secondary N) is 2. The number of anilines is 1. The van der Waals surface area contributed by atoms with Crippen molar-refractivity contribution in [1.82, 2.24) is 20.2 Å². The Hall–Kier alpha value is -1.74. The van der Waals surface area contributed by atoms with Crippen LogP contribution < -0.4 is 10.9 Å². The summed E-state index contributed by atoms with van der Waals surface area (Å²) in [5, 5.41) is 12.3. The van der Waals surface area contributed by atoms with Crippen molar-refractivity contribution in [2.75, 3.05) is 5.32 Å². The molecule has 0 saturated carbocycles. The first-order valence-electron chi connectivity index (χ1n) is 8.02. The summed E-state index contributed by atoms with van der Waals surface area (Å²) in [5.74, 6) is -0.149. The van der Waals surface area contributed by atoms with Crippen LogP contribution in [0.25, 0.3) is 0 Å². The second-order valence-corrected chi connectivity index (χ2v) is 7.76. The van der Waals surface area contributed by atoms with E-state index in [1.807, 2.05) is 13.8 Å². The van der Waals surface area contributed by atoms with E-state index in [9.17, 15) is 9.59 Å². The maximum atomic E-state index is 12.5. The molecule has 2 aromatic heterocycles. The van der Waals surface area contributed by atoms with E-state index in [-0.39, 0.29) is 16.7 Å². The number of amides is 1. The van der Waals surface area contributed by atoms with Crippen molar-refractivity contribution >= 4 is 34.1 Å². The normalized spacial score (nSPS) is 14.4. The summed E-state index contributed by atoms with van der Waals surface area (Å²) in [6.07, 6.45) is 4.00. The number of carbonyl (C=O) groups is 1. The molecule has 0 bridgehead atoms. The maximum Gasteiger partial charge on any atom is 0.254 e. The van der Waals surface area contributed by atoms with Crippen LogP contribution in [0.3, 0.4) is 0 Å². The van der Waals surface area contributed by atoms with Crippen molar-refractivity contribution in [3.8, 4) is 0 Å². The van der Waals surface area contributed by atoms with Gasteiger partial charge < -0.3 is 4.98 Å². The van der Waals surface area contributed by atoms with Gasteiger partial charge in [-0.15, -0.1) is 10.2 Å². The highest BCUT2D eigenvalue weighted by atomic mass is 32.2. The molecule has 2 aromatic rings. The van der Waals surface area contributed by atoms with Crippen LogP contribution >= 0.6 is 23.1 Å². The minimum absolute atomic E-state index is 0.0769. The fourth-order valence-electron chi connectivity index (χ4n) is 2.56. The van der Waals surface area contributed by atoms with Crippen LogP contribution in [0.4, 0.5) is 5.13 Å². The third-order valence-corrected chi connectivity index (χ3v) is 6.07. The van der Waals surface area contributed by atoms with Crippen molar-refractivity contribution in [3.05, 3.63) is 26.6 Å². The number of H-pyrrole nitrogens is 1. The number of thioether (sulfide) groups is 1. The predicted octanol–water partition coefficient (Wildman–Crippen LogP) is 2.18. The quantitative estimate of drug-likeness (QED) is 0.601. The molecule has 1 aliphatic carbocycles. The lowest BCUT2D eigenvalue weighted by molar-refractivity contribution is -0.115. The highest BCUT2D eigenvalue weighted by Crippen LogP contribution is 2.26. The smallest absolute Gasteiger partial charge is 0.254 e. The summed E-state index contributed by atoms with van der Waals surface area (Å²) in [6.45, 7) is 3.92. The summed E-state index contributed by atoms with van der Waals surface area (Å²) in [6, 6.07) is 0. The van der Waals surface area contributed by atoms with Gasteiger partial charge in [0.25, 0.3) is 5.56 Å². The van der Waals surface area contributed by atoms with Crippen molar-refractivity contribution in [2.45, 2.75) is 56.4 Å². The zero-order valence-electron chi connectivity index (χ0n) is 13.6. The Morgan fingerprint density at radius 3 is 2.92 bits per heavy atom. The fourth-order valence-corrected chi connectivity index (χ4v) is 4.16. The number of aryl methyl sites for hydroxylation is 2. The zero-order valence-corrected chi connectivity index (χ0v) is 15.2. The fraction of sp³-hybridized carbons (Fsp3) is 0.533. The Morgan fingerprint density at radius 2 is 2.21 bits per heavy atom. The summed E-state index contributed by atoms with van der Waals surface area (Å²) in [7, 11) is 0. The van der Waals surface area contributed by atoms with E-state index in [0.29, 0.717) is 16.7 Å². The van der Waals surface area contributed by atoms with Crippen molar-refractivity contribution < 1.29 is 4.79 Å². The van der Waals surface area contributed by atoms with Crippen LogP contribution in [0.2, 0.25) is 0 Å². The lowest BCUT2D eigenvalue weighted by Crippen LogP contribution is -2.25. The average molecular weight is 365 g/mol. The van der Waals surface area contributed by atoms with Crippen LogP contribution in [-0.4, -0.2) is 31.3 Å². The molecule has 2 N–H and O–H groups in total. The molecular formula is C15H19N5O2S2. The summed E-state index contributed by atoms with van der Waals surface area (Å²) in [5.41, 5.74) is 1.58. The van der Waals surface area contributed by atoms with Crippen LogP contribution in [-0.2, 0) is 24.1 Å². The molecule has 0 aromatic carbocycles. The Balaban J connectivity index is 1.71. The van der Waals surface area contributed by atoms with E-state index in [4.69, 9.17) is 0 Å². The number of carbonyl (C=O) groups excluding carboxylic acids is 1. The Bertz CT molecular complexity index is 801. The minimum Gasteiger partial charge on any atom is -0.301 e. The number of hydrogen-bond acceptors (Lipinski definition) is 7. The van der Waals surface area contributed by atoms with E-state index in [1.54, 1.807) is 0 Å². The van der Waals surface area contributed by atoms with E-state index in [0.717, 1.165) is 41.9 Å². The highest BCUT2D eigenvalue weighted by molar-refractivity contribution is 8.00. The van der Waals surface area contributed by atoms with Crippen molar-refractivity contribution in [2.24, 2.45) is 0 Å². The molecule has 0 radical (unpaired) electrons. The molecule has 0 fully saturated rings. The standard InChI is InChI=1S/C15H19N5O2S2/c1-3-10(13(22)18-15-20-19-11(4-2)24-15)23-14-16-9-7-5-6-8(9)12(21)17-14/h10H,3-7H2,1-2H3,(H,16,17,21)(H,18,20,22). The zero-order chi connectivity index (χ0) is 17.1. The minimum atomic E-state index is -0.346. The van der Waals surface area contributed by atoms with Gasteiger partial charge in [-0.05, 0) is 32.1 Å². The van der Waals surface area contributed by atoms with Gasteiger partial charge in [0, 0.05) is 5.56 Å². The van der Waals surface area contributed by atoms with E-state index in [2.05, 4.69) is 25.5 Å². The Morgan fingerprint density at radius 1 is 1.38 bits per heavy atom. The molecule has 1 atom stereocenters. The number of rotatable bonds is 6. The summed E-state index contributed by atoms with van der Waals surface area (Å²) < 4.78 is 0. The van der Waals surface area contributed by atoms with Crippen LogP contribution in [0.5, 0.6) is 0 Å². The van der Waals surface area contributed by atoms with Gasteiger partial charge in [0.15, 0.2) is 5.16 Å². The second kappa shape index (κ2) is 7.43. The molecule has 7 nitrogen and oxygen atoms in total. The van der Waals surface area contributed by atoms with Crippen molar-refractivity contribution in [3.63, 3.8) is 0 Å². The third kappa shape index (κ3) is 3.67. The molecule has 3 rings (SSSR count). The van der Waals surface area contributed by atoms with Gasteiger partial charge in [-0.2, -0.15) is 0 Å². The number of fused-ring (bicyclic) bond motifs is 1. The lowest BCUT2D eigenvalue weighted by atomic mass is 10.3. The molecular weight excluding hydrogens is 346 g/mol. The number of hydrogen-bond donors (Lipinski definition) is 2. The third-order valence-electron chi connectivity index (χ3n) is 3.84. The Labute approximate surface area is 147 Å². The topological polar surface area (TPSA) is 101 Å². The highest BCUT2D eigenvalue weighted by Gasteiger charge is 2.23. The summed E-state index contributed by atoms with van der Waals surface area (Å²) >= 11 is 2.66. The van der Waals surface area contributed by atoms with Crippen molar-refractivity contribution in [1.29, 1.82) is 0 Å². The number of aromatic nitrogens is 4. The predicted molar refractivity (Wildman–Crippen MR) is 94.7 cm³/mol. The van der Waals surface area contributed by atoms with Crippen LogP contribution in [0, 0.1) is 0 Å². The first kappa shape index (κ1) is 17.1. The summed E-state index contributed by atoms with van der Waals surface area (Å²) in [4.78, 5) is 31.8. The molecule has 1 unspecified atom stereocenters. The molecule has 0 aliphatic heterocycles. The molecule has 128 valence electrons. The first-order valence-corrected chi connectivity index (χ1v) is 9.72. The van der Waals surface area contributed by atoms with Gasteiger partial charge in [-0.3, -0.25) is 14.9 Å². The molecule has 1 amide bonds. The van der Waals surface area contributed by atoms with Gasteiger partial charge in [-0.25, -0.2) is 4.98 Å². The molecule has 2 heterocycles.